The van der Waals surface area contributed by atoms with Gasteiger partial charge >= 0.3 is 12.2 Å². The molecule has 1 N–H and O–H groups in total. The minimum atomic E-state index is -4.69. The number of para-hydroxylation sites is 1. The van der Waals surface area contributed by atoms with Gasteiger partial charge in [-0.3, -0.25) is 4.90 Å². The first-order valence-electron chi connectivity index (χ1n) is 7.03. The van der Waals surface area contributed by atoms with Crippen LogP contribution in [-0.4, -0.2) is 12.2 Å². The molecule has 1 heterocycles. The fourth-order valence-corrected chi connectivity index (χ4v) is 3.64. The van der Waals surface area contributed by atoms with Gasteiger partial charge in [-0.05, 0) is 17.7 Å². The first kappa shape index (κ1) is 16.4. The molecule has 0 aliphatic carbocycles. The van der Waals surface area contributed by atoms with E-state index in [4.69, 9.17) is 0 Å². The number of nitrogens with zero attached hydrogens (tertiary/aromatic N) is 1. The lowest BCUT2D eigenvalue weighted by molar-refractivity contribution is -0.167. The Labute approximate surface area is 141 Å². The van der Waals surface area contributed by atoms with Crippen LogP contribution in [0.1, 0.15) is 5.56 Å². The molecule has 3 nitrogen and oxygen atoms in total. The summed E-state index contributed by atoms with van der Waals surface area (Å²) < 4.78 is 41.6. The highest BCUT2D eigenvalue weighted by molar-refractivity contribution is 8.04. The highest BCUT2D eigenvalue weighted by Crippen LogP contribution is 2.53. The van der Waals surface area contributed by atoms with Gasteiger partial charge in [0.1, 0.15) is 0 Å². The Morgan fingerprint density at radius 3 is 2.04 bits per heavy atom. The Kier molecular flexibility index (Phi) is 4.04. The number of hydrogen-bond acceptors (Lipinski definition) is 2. The SMILES string of the molecule is C=C1S[C@@](c2ccccc2)(C(F)(F)F)NC(=O)N1c1ccccc1. The minimum absolute atomic E-state index is 0.00567. The Morgan fingerprint density at radius 1 is 1.00 bits per heavy atom. The fraction of sp³-hybridized carbons (Fsp3) is 0.118. The predicted molar refractivity (Wildman–Crippen MR) is 88.4 cm³/mol. The number of halogens is 3. The van der Waals surface area contributed by atoms with Crippen LogP contribution in [0.5, 0.6) is 0 Å². The number of carbonyl (C=O) groups is 1. The molecule has 124 valence electrons. The number of hydrogen-bond donors (Lipinski definition) is 1. The van der Waals surface area contributed by atoms with E-state index in [1.54, 1.807) is 36.4 Å². The zero-order chi connectivity index (χ0) is 17.4. The third-order valence-corrected chi connectivity index (χ3v) is 4.89. The van der Waals surface area contributed by atoms with Crippen molar-refractivity contribution in [2.24, 2.45) is 0 Å². The van der Waals surface area contributed by atoms with Crippen molar-refractivity contribution >= 4 is 23.5 Å². The third kappa shape index (κ3) is 2.65. The number of urea groups is 1. The minimum Gasteiger partial charge on any atom is -0.311 e. The van der Waals surface area contributed by atoms with Gasteiger partial charge in [-0.2, -0.15) is 13.2 Å². The van der Waals surface area contributed by atoms with Crippen molar-refractivity contribution in [2.45, 2.75) is 11.0 Å². The van der Waals surface area contributed by atoms with Crippen LogP contribution < -0.4 is 10.2 Å². The van der Waals surface area contributed by atoms with E-state index >= 15 is 0 Å². The van der Waals surface area contributed by atoms with Crippen LogP contribution in [0.15, 0.2) is 72.3 Å². The van der Waals surface area contributed by atoms with Gasteiger partial charge in [0.25, 0.3) is 0 Å². The molecular weight excluding hydrogens is 337 g/mol. The summed E-state index contributed by atoms with van der Waals surface area (Å²) in [6.45, 7) is 3.68. The second kappa shape index (κ2) is 5.90. The molecule has 1 aliphatic heterocycles. The highest BCUT2D eigenvalue weighted by atomic mass is 32.2. The summed E-state index contributed by atoms with van der Waals surface area (Å²) in [5, 5.41) is 2.13. The van der Waals surface area contributed by atoms with Gasteiger partial charge < -0.3 is 5.32 Å². The Balaban J connectivity index is 2.04. The van der Waals surface area contributed by atoms with Crippen LogP contribution in [0.3, 0.4) is 0 Å². The maximum Gasteiger partial charge on any atom is 0.425 e. The van der Waals surface area contributed by atoms with Gasteiger partial charge in [-0.1, -0.05) is 66.9 Å². The standard InChI is InChI=1S/C17H13F3N2OS/c1-12-22(14-10-6-3-7-11-14)15(23)21-16(24-12,17(18,19)20)13-8-4-2-5-9-13/h2-11H,1H2,(H,21,23)/t16-/m0/s1. The maximum atomic E-state index is 13.9. The monoisotopic (exact) mass is 350 g/mol. The maximum absolute atomic E-state index is 13.9. The number of carbonyl (C=O) groups excluding carboxylic acids is 1. The van der Waals surface area contributed by atoms with Crippen molar-refractivity contribution in [3.8, 4) is 0 Å². The summed E-state index contributed by atoms with van der Waals surface area (Å²) in [7, 11) is 0. The largest absolute Gasteiger partial charge is 0.425 e. The Morgan fingerprint density at radius 2 is 1.54 bits per heavy atom. The number of nitrogens with one attached hydrogen (secondary N) is 1. The molecular formula is C17H13F3N2OS. The molecule has 2 aromatic rings. The van der Waals surface area contributed by atoms with E-state index in [0.717, 1.165) is 4.90 Å². The van der Waals surface area contributed by atoms with Crippen molar-refractivity contribution < 1.29 is 18.0 Å². The summed E-state index contributed by atoms with van der Waals surface area (Å²) in [6, 6.07) is 14.8. The second-order valence-corrected chi connectivity index (χ2v) is 6.43. The van der Waals surface area contributed by atoms with Gasteiger partial charge in [0.2, 0.25) is 4.87 Å². The third-order valence-electron chi connectivity index (χ3n) is 3.60. The summed E-state index contributed by atoms with van der Waals surface area (Å²) >= 11 is 0.475. The van der Waals surface area contributed by atoms with E-state index in [-0.39, 0.29) is 10.6 Å². The first-order valence-corrected chi connectivity index (χ1v) is 7.84. The molecule has 3 rings (SSSR count). The molecule has 24 heavy (non-hydrogen) atoms. The van der Waals surface area contributed by atoms with Crippen molar-refractivity contribution in [3.63, 3.8) is 0 Å². The first-order chi connectivity index (χ1) is 11.3. The lowest BCUT2D eigenvalue weighted by atomic mass is 10.1. The zero-order valence-electron chi connectivity index (χ0n) is 12.4. The van der Waals surface area contributed by atoms with Crippen LogP contribution in [0.2, 0.25) is 0 Å². The van der Waals surface area contributed by atoms with Crippen LogP contribution in [-0.2, 0) is 4.87 Å². The predicted octanol–water partition coefficient (Wildman–Crippen LogP) is 4.84. The quantitative estimate of drug-likeness (QED) is 0.841. The molecule has 1 atom stereocenters. The normalized spacial score (nSPS) is 21.5. The van der Waals surface area contributed by atoms with Gasteiger partial charge in [0, 0.05) is 0 Å². The molecule has 1 saturated heterocycles. The van der Waals surface area contributed by atoms with E-state index in [9.17, 15) is 18.0 Å². The van der Waals surface area contributed by atoms with E-state index in [2.05, 4.69) is 11.9 Å². The van der Waals surface area contributed by atoms with E-state index in [1.165, 1.54) is 24.3 Å². The molecule has 0 saturated carbocycles. The molecule has 2 amide bonds. The number of alkyl halides is 3. The number of amides is 2. The molecule has 1 fully saturated rings. The molecule has 0 bridgehead atoms. The number of rotatable bonds is 2. The zero-order valence-corrected chi connectivity index (χ0v) is 13.2. The van der Waals surface area contributed by atoms with Crippen molar-refractivity contribution in [2.75, 3.05) is 4.90 Å². The molecule has 1 aliphatic rings. The fourth-order valence-electron chi connectivity index (χ4n) is 2.50. The molecule has 0 radical (unpaired) electrons. The van der Waals surface area contributed by atoms with Crippen molar-refractivity contribution in [3.05, 3.63) is 77.8 Å². The molecule has 0 unspecified atom stereocenters. The van der Waals surface area contributed by atoms with E-state index in [1.807, 2.05) is 0 Å². The van der Waals surface area contributed by atoms with Crippen LogP contribution in [0.25, 0.3) is 0 Å². The smallest absolute Gasteiger partial charge is 0.311 e. The van der Waals surface area contributed by atoms with Crippen molar-refractivity contribution in [1.29, 1.82) is 0 Å². The van der Waals surface area contributed by atoms with E-state index in [0.29, 0.717) is 17.4 Å². The molecule has 2 aromatic carbocycles. The molecule has 7 heteroatoms. The summed E-state index contributed by atoms with van der Waals surface area (Å²) in [6.07, 6.45) is -4.69. The molecule has 0 spiro atoms. The summed E-state index contributed by atoms with van der Waals surface area (Å²) in [5.74, 6) is 0. The Bertz CT molecular complexity index is 744. The average molecular weight is 350 g/mol. The van der Waals surface area contributed by atoms with E-state index < -0.39 is 17.1 Å². The summed E-state index contributed by atoms with van der Waals surface area (Å²) in [4.78, 5) is 11.1. The van der Waals surface area contributed by atoms with Gasteiger partial charge in [-0.15, -0.1) is 0 Å². The highest BCUT2D eigenvalue weighted by Gasteiger charge is 2.61. The Hall–Kier alpha value is -2.41. The number of thioether (sulfide) groups is 1. The van der Waals surface area contributed by atoms with Crippen molar-refractivity contribution in [1.82, 2.24) is 5.32 Å². The lowest BCUT2D eigenvalue weighted by Gasteiger charge is -2.43. The van der Waals surface area contributed by atoms with Gasteiger partial charge in [-0.25, -0.2) is 4.79 Å². The molecule has 0 aromatic heterocycles. The van der Waals surface area contributed by atoms with Gasteiger partial charge in [0.15, 0.2) is 0 Å². The average Bonchev–Trinajstić information content (AvgIpc) is 2.55. The van der Waals surface area contributed by atoms with Crippen LogP contribution in [0.4, 0.5) is 23.7 Å². The number of anilines is 1. The van der Waals surface area contributed by atoms with Gasteiger partial charge in [0.05, 0.1) is 10.7 Å². The van der Waals surface area contributed by atoms with Crippen LogP contribution >= 0.6 is 11.8 Å². The lowest BCUT2D eigenvalue weighted by Crippen LogP contribution is -2.60. The van der Waals surface area contributed by atoms with Crippen LogP contribution in [0, 0.1) is 0 Å². The summed E-state index contributed by atoms with van der Waals surface area (Å²) in [5.41, 5.74) is 0.404. The second-order valence-electron chi connectivity index (χ2n) is 5.14. The topological polar surface area (TPSA) is 32.3 Å². The number of benzene rings is 2.